The summed E-state index contributed by atoms with van der Waals surface area (Å²) in [6.45, 7) is 3.56. The van der Waals surface area contributed by atoms with Gasteiger partial charge in [0.2, 0.25) is 11.8 Å². The quantitative estimate of drug-likeness (QED) is 0.699. The molecule has 8 nitrogen and oxygen atoms in total. The lowest BCUT2D eigenvalue weighted by Crippen LogP contribution is -2.54. The molecule has 5 rings (SSSR count). The first-order valence-electron chi connectivity index (χ1n) is 10.2. The van der Waals surface area contributed by atoms with Gasteiger partial charge in [-0.25, -0.2) is 0 Å². The molecule has 3 fully saturated rings. The number of rotatable bonds is 4. The fourth-order valence-electron chi connectivity index (χ4n) is 5.41. The summed E-state index contributed by atoms with van der Waals surface area (Å²) < 4.78 is 0. The van der Waals surface area contributed by atoms with Crippen molar-refractivity contribution >= 4 is 23.6 Å². The average molecular weight is 396 g/mol. The van der Waals surface area contributed by atoms with E-state index in [1.165, 1.54) is 6.42 Å². The van der Waals surface area contributed by atoms with Crippen LogP contribution in [0.5, 0.6) is 0 Å². The summed E-state index contributed by atoms with van der Waals surface area (Å²) in [5.41, 5.74) is 7.49. The number of carbonyl (C=O) groups is 4. The molecule has 3 N–H and O–H groups in total. The molecule has 8 heteroatoms. The van der Waals surface area contributed by atoms with Crippen LogP contribution in [0.2, 0.25) is 0 Å². The van der Waals surface area contributed by atoms with Crippen LogP contribution < -0.4 is 11.1 Å². The number of carbonyl (C=O) groups excluding carboxylic acids is 4. The van der Waals surface area contributed by atoms with Gasteiger partial charge in [0, 0.05) is 26.1 Å². The Labute approximate surface area is 168 Å². The first-order chi connectivity index (χ1) is 14.0. The van der Waals surface area contributed by atoms with Crippen molar-refractivity contribution in [2.24, 2.45) is 23.5 Å². The van der Waals surface area contributed by atoms with Gasteiger partial charge in [0.05, 0.1) is 11.1 Å². The molecule has 1 saturated carbocycles. The van der Waals surface area contributed by atoms with E-state index in [-0.39, 0.29) is 18.7 Å². The molecule has 1 aromatic carbocycles. The Morgan fingerprint density at radius 1 is 1.07 bits per heavy atom. The van der Waals surface area contributed by atoms with Crippen LogP contribution in [0.1, 0.15) is 45.5 Å². The Hall–Kier alpha value is -2.58. The van der Waals surface area contributed by atoms with Crippen LogP contribution in [-0.4, -0.2) is 59.1 Å². The number of fused-ring (bicyclic) bond motifs is 2. The van der Waals surface area contributed by atoms with E-state index in [0.717, 1.165) is 42.6 Å². The smallest absolute Gasteiger partial charge is 0.262 e. The second-order valence-electron chi connectivity index (χ2n) is 8.68. The zero-order valence-corrected chi connectivity index (χ0v) is 16.1. The van der Waals surface area contributed by atoms with Gasteiger partial charge in [-0.1, -0.05) is 6.07 Å². The van der Waals surface area contributed by atoms with Crippen molar-refractivity contribution in [2.45, 2.75) is 31.8 Å². The van der Waals surface area contributed by atoms with Gasteiger partial charge in [-0.05, 0) is 54.8 Å². The summed E-state index contributed by atoms with van der Waals surface area (Å²) in [6, 6.07) is 4.43. The molecule has 1 unspecified atom stereocenters. The summed E-state index contributed by atoms with van der Waals surface area (Å²) in [4.78, 5) is 52.6. The maximum absolute atomic E-state index is 12.9. The van der Waals surface area contributed by atoms with Gasteiger partial charge in [-0.3, -0.25) is 34.3 Å². The Balaban J connectivity index is 1.32. The van der Waals surface area contributed by atoms with Crippen LogP contribution in [0.4, 0.5) is 0 Å². The molecule has 4 atom stereocenters. The van der Waals surface area contributed by atoms with E-state index in [2.05, 4.69) is 10.2 Å². The maximum Gasteiger partial charge on any atom is 0.262 e. The highest BCUT2D eigenvalue weighted by Gasteiger charge is 2.47. The highest BCUT2D eigenvalue weighted by molar-refractivity contribution is 6.23. The standard InChI is InChI=1S/C21H24N4O4/c22-7-12-6-13-9-24(10-16(12)13)8-11-1-2-14-15(5-11)21(29)25(20(14)28)17-3-4-18(26)23-19(17)27/h1-2,5,12-13,16-17H,3-4,6-10,22H2,(H,23,26,27)/t12-,13-,16-,17?/m0/s1. The lowest BCUT2D eigenvalue weighted by molar-refractivity contribution is -0.136. The molecule has 152 valence electrons. The van der Waals surface area contributed by atoms with Gasteiger partial charge in [0.25, 0.3) is 11.8 Å². The SMILES string of the molecule is NC[C@@H]1C[C@H]2CN(Cc3ccc4c(c3)C(=O)N(C3CCC(=O)NC3=O)C4=O)C[C@@H]12. The van der Waals surface area contributed by atoms with E-state index in [4.69, 9.17) is 5.73 Å². The molecule has 29 heavy (non-hydrogen) atoms. The van der Waals surface area contributed by atoms with Crippen molar-refractivity contribution in [3.63, 3.8) is 0 Å². The number of benzene rings is 1. The molecule has 3 aliphatic heterocycles. The van der Waals surface area contributed by atoms with Gasteiger partial charge >= 0.3 is 0 Å². The third kappa shape index (κ3) is 2.89. The fourth-order valence-corrected chi connectivity index (χ4v) is 5.41. The van der Waals surface area contributed by atoms with Gasteiger partial charge in [-0.15, -0.1) is 0 Å². The van der Waals surface area contributed by atoms with Gasteiger partial charge in [0.1, 0.15) is 6.04 Å². The molecule has 0 aromatic heterocycles. The lowest BCUT2D eigenvalue weighted by Gasteiger charge is -2.38. The summed E-state index contributed by atoms with van der Waals surface area (Å²) in [5, 5.41) is 2.22. The summed E-state index contributed by atoms with van der Waals surface area (Å²) in [7, 11) is 0. The van der Waals surface area contributed by atoms with Crippen molar-refractivity contribution in [2.75, 3.05) is 19.6 Å². The molecule has 1 aliphatic carbocycles. The Bertz CT molecular complexity index is 929. The minimum atomic E-state index is -0.925. The number of nitrogens with two attached hydrogens (primary N) is 1. The zero-order chi connectivity index (χ0) is 20.3. The minimum Gasteiger partial charge on any atom is -0.330 e. The molecule has 4 aliphatic rings. The second kappa shape index (κ2) is 6.74. The third-order valence-electron chi connectivity index (χ3n) is 6.99. The van der Waals surface area contributed by atoms with Gasteiger partial charge in [-0.2, -0.15) is 0 Å². The first kappa shape index (κ1) is 18.4. The first-order valence-corrected chi connectivity index (χ1v) is 10.2. The van der Waals surface area contributed by atoms with E-state index in [1.54, 1.807) is 12.1 Å². The summed E-state index contributed by atoms with van der Waals surface area (Å²) in [6.07, 6.45) is 1.49. The van der Waals surface area contributed by atoms with Crippen LogP contribution in [0.3, 0.4) is 0 Å². The topological polar surface area (TPSA) is 113 Å². The molecule has 0 radical (unpaired) electrons. The molecule has 4 amide bonds. The maximum atomic E-state index is 12.9. The van der Waals surface area contributed by atoms with Gasteiger partial charge < -0.3 is 5.73 Å². The van der Waals surface area contributed by atoms with Crippen molar-refractivity contribution in [1.29, 1.82) is 0 Å². The second-order valence-corrected chi connectivity index (χ2v) is 8.68. The predicted molar refractivity (Wildman–Crippen MR) is 103 cm³/mol. The van der Waals surface area contributed by atoms with E-state index in [0.29, 0.717) is 23.0 Å². The van der Waals surface area contributed by atoms with Crippen LogP contribution in [0.15, 0.2) is 18.2 Å². The van der Waals surface area contributed by atoms with Crippen molar-refractivity contribution in [3.05, 3.63) is 34.9 Å². The fraction of sp³-hybridized carbons (Fsp3) is 0.524. The minimum absolute atomic E-state index is 0.121. The predicted octanol–water partition coefficient (Wildman–Crippen LogP) is 0.114. The van der Waals surface area contributed by atoms with Crippen molar-refractivity contribution in [1.82, 2.24) is 15.1 Å². The van der Waals surface area contributed by atoms with Crippen LogP contribution in [0.25, 0.3) is 0 Å². The number of hydrogen-bond donors (Lipinski definition) is 2. The van der Waals surface area contributed by atoms with Crippen LogP contribution >= 0.6 is 0 Å². The number of amides is 4. The van der Waals surface area contributed by atoms with Crippen LogP contribution in [-0.2, 0) is 16.1 Å². The molecule has 1 aromatic rings. The number of hydrogen-bond acceptors (Lipinski definition) is 6. The van der Waals surface area contributed by atoms with Crippen molar-refractivity contribution in [3.8, 4) is 0 Å². The summed E-state index contributed by atoms with van der Waals surface area (Å²) >= 11 is 0. The number of imide groups is 2. The molecule has 0 bridgehead atoms. The highest BCUT2D eigenvalue weighted by atomic mass is 16.2. The largest absolute Gasteiger partial charge is 0.330 e. The highest BCUT2D eigenvalue weighted by Crippen LogP contribution is 2.45. The lowest BCUT2D eigenvalue weighted by atomic mass is 9.67. The Kier molecular flexibility index (Phi) is 4.29. The molecule has 2 saturated heterocycles. The summed E-state index contributed by atoms with van der Waals surface area (Å²) in [5.74, 6) is 0.165. The molecule has 3 heterocycles. The molecule has 0 spiro atoms. The number of likely N-dealkylation sites (tertiary alicyclic amines) is 1. The molecular weight excluding hydrogens is 372 g/mol. The van der Waals surface area contributed by atoms with Gasteiger partial charge in [0.15, 0.2) is 0 Å². The zero-order valence-electron chi connectivity index (χ0n) is 16.1. The van der Waals surface area contributed by atoms with E-state index in [1.807, 2.05) is 6.07 Å². The third-order valence-corrected chi connectivity index (χ3v) is 6.99. The van der Waals surface area contributed by atoms with E-state index < -0.39 is 23.8 Å². The van der Waals surface area contributed by atoms with Crippen molar-refractivity contribution < 1.29 is 19.2 Å². The Morgan fingerprint density at radius 3 is 2.62 bits per heavy atom. The van der Waals surface area contributed by atoms with Crippen LogP contribution in [0, 0.1) is 17.8 Å². The number of piperidine rings is 1. The monoisotopic (exact) mass is 396 g/mol. The normalized spacial score (nSPS) is 31.6. The molecular formula is C21H24N4O4. The number of nitrogens with zero attached hydrogens (tertiary/aromatic N) is 2. The van der Waals surface area contributed by atoms with E-state index >= 15 is 0 Å². The Morgan fingerprint density at radius 2 is 1.86 bits per heavy atom. The average Bonchev–Trinajstić information content (AvgIpc) is 3.12. The number of nitrogens with one attached hydrogen (secondary N) is 1. The van der Waals surface area contributed by atoms with E-state index in [9.17, 15) is 19.2 Å².